The molecule has 0 saturated carbocycles. The molecule has 1 fully saturated rings. The lowest BCUT2D eigenvalue weighted by Crippen LogP contribution is -2.37. The van der Waals surface area contributed by atoms with Gasteiger partial charge in [-0.1, -0.05) is 12.1 Å². The number of piperidine rings is 1. The van der Waals surface area contributed by atoms with E-state index in [-0.39, 0.29) is 23.5 Å². The Morgan fingerprint density at radius 1 is 1.39 bits per heavy atom. The average Bonchev–Trinajstić information content (AvgIpc) is 2.72. The van der Waals surface area contributed by atoms with E-state index in [1.807, 2.05) is 42.2 Å². The van der Waals surface area contributed by atoms with Crippen molar-refractivity contribution in [3.05, 3.63) is 41.6 Å². The molecule has 1 heterocycles. The molecular formula is C21H27N3O4. The lowest BCUT2D eigenvalue weighted by molar-refractivity contribution is -0.149. The molecule has 7 nitrogen and oxygen atoms in total. The number of amides is 1. The van der Waals surface area contributed by atoms with Gasteiger partial charge in [0.05, 0.1) is 25.7 Å². The minimum atomic E-state index is -0.441. The third kappa shape index (κ3) is 5.74. The summed E-state index contributed by atoms with van der Waals surface area (Å²) in [6.45, 7) is 5.13. The Labute approximate surface area is 165 Å². The number of esters is 1. The van der Waals surface area contributed by atoms with E-state index in [0.717, 1.165) is 24.2 Å². The van der Waals surface area contributed by atoms with E-state index >= 15 is 0 Å². The zero-order valence-corrected chi connectivity index (χ0v) is 16.6. The quantitative estimate of drug-likeness (QED) is 0.441. The molecule has 0 aliphatic carbocycles. The molecule has 0 radical (unpaired) electrons. The maximum absolute atomic E-state index is 12.5. The SMILES string of the molecule is CCOC(=O)C1CCCN(/C=C(/C#N)C(=O)NC(C)c2ccc(OC)cc2)C1. The number of carbonyl (C=O) groups is 2. The molecule has 2 atom stereocenters. The molecule has 2 rings (SSSR count). The van der Waals surface area contributed by atoms with Crippen LogP contribution in [-0.2, 0) is 14.3 Å². The summed E-state index contributed by atoms with van der Waals surface area (Å²) in [6, 6.07) is 9.09. The molecule has 0 bridgehead atoms. The minimum Gasteiger partial charge on any atom is -0.497 e. The molecular weight excluding hydrogens is 358 g/mol. The van der Waals surface area contributed by atoms with Gasteiger partial charge in [-0.3, -0.25) is 9.59 Å². The molecule has 1 saturated heterocycles. The predicted octanol–water partition coefficient (Wildman–Crippen LogP) is 2.55. The standard InChI is InChI=1S/C21H27N3O4/c1-4-28-21(26)17-6-5-11-24(13-17)14-18(12-22)20(25)23-15(2)16-7-9-19(27-3)10-8-16/h7-10,14-15,17H,4-6,11,13H2,1-3H3,(H,23,25)/b18-14-. The van der Waals surface area contributed by atoms with E-state index in [4.69, 9.17) is 9.47 Å². The van der Waals surface area contributed by atoms with Gasteiger partial charge in [-0.15, -0.1) is 0 Å². The Morgan fingerprint density at radius 3 is 2.71 bits per heavy atom. The van der Waals surface area contributed by atoms with Gasteiger partial charge in [-0.2, -0.15) is 5.26 Å². The van der Waals surface area contributed by atoms with Gasteiger partial charge in [0.1, 0.15) is 17.4 Å². The van der Waals surface area contributed by atoms with Crippen LogP contribution in [-0.4, -0.2) is 43.6 Å². The monoisotopic (exact) mass is 385 g/mol. The number of likely N-dealkylation sites (tertiary alicyclic amines) is 1. The minimum absolute atomic E-state index is 0.0184. The van der Waals surface area contributed by atoms with Crippen LogP contribution in [0.15, 0.2) is 36.0 Å². The van der Waals surface area contributed by atoms with Crippen molar-refractivity contribution in [2.45, 2.75) is 32.7 Å². The number of hydrogen-bond donors (Lipinski definition) is 1. The Kier molecular flexibility index (Phi) is 7.88. The highest BCUT2D eigenvalue weighted by Gasteiger charge is 2.26. The van der Waals surface area contributed by atoms with Gasteiger partial charge < -0.3 is 19.7 Å². The Bertz CT molecular complexity index is 752. The smallest absolute Gasteiger partial charge is 0.310 e. The summed E-state index contributed by atoms with van der Waals surface area (Å²) in [5, 5.41) is 12.3. The van der Waals surface area contributed by atoms with Crippen LogP contribution in [0.3, 0.4) is 0 Å². The molecule has 2 unspecified atom stereocenters. The Hall–Kier alpha value is -3.01. The number of carbonyl (C=O) groups excluding carboxylic acids is 2. The van der Waals surface area contributed by atoms with Crippen LogP contribution in [0.4, 0.5) is 0 Å². The highest BCUT2D eigenvalue weighted by Crippen LogP contribution is 2.20. The summed E-state index contributed by atoms with van der Waals surface area (Å²) in [7, 11) is 1.59. The molecule has 1 aliphatic rings. The molecule has 0 spiro atoms. The predicted molar refractivity (Wildman–Crippen MR) is 104 cm³/mol. The number of benzene rings is 1. The second kappa shape index (κ2) is 10.4. The number of hydrogen-bond acceptors (Lipinski definition) is 6. The largest absolute Gasteiger partial charge is 0.497 e. The van der Waals surface area contributed by atoms with Gasteiger partial charge >= 0.3 is 5.97 Å². The van der Waals surface area contributed by atoms with Crippen molar-refractivity contribution in [1.29, 1.82) is 5.26 Å². The molecule has 0 aromatic heterocycles. The van der Waals surface area contributed by atoms with Crippen LogP contribution in [0.25, 0.3) is 0 Å². The molecule has 7 heteroatoms. The Balaban J connectivity index is 2.01. The second-order valence-corrected chi connectivity index (χ2v) is 6.71. The van der Waals surface area contributed by atoms with Gasteiger partial charge in [0.15, 0.2) is 0 Å². The number of nitrogens with zero attached hydrogens (tertiary/aromatic N) is 2. The third-order valence-electron chi connectivity index (χ3n) is 4.71. The van der Waals surface area contributed by atoms with Gasteiger partial charge in [-0.05, 0) is 44.4 Å². The van der Waals surface area contributed by atoms with E-state index in [2.05, 4.69) is 5.32 Å². The van der Waals surface area contributed by atoms with Crippen molar-refractivity contribution in [3.8, 4) is 11.8 Å². The van der Waals surface area contributed by atoms with Crippen molar-refractivity contribution in [2.24, 2.45) is 5.92 Å². The van der Waals surface area contributed by atoms with E-state index in [1.54, 1.807) is 20.2 Å². The maximum Gasteiger partial charge on any atom is 0.310 e. The summed E-state index contributed by atoms with van der Waals surface area (Å²) < 4.78 is 10.2. The molecule has 1 N–H and O–H groups in total. The summed E-state index contributed by atoms with van der Waals surface area (Å²) in [5.74, 6) is -0.159. The van der Waals surface area contributed by atoms with Crippen molar-refractivity contribution in [3.63, 3.8) is 0 Å². The highest BCUT2D eigenvalue weighted by molar-refractivity contribution is 5.97. The van der Waals surface area contributed by atoms with E-state index in [1.165, 1.54) is 0 Å². The van der Waals surface area contributed by atoms with Crippen LogP contribution < -0.4 is 10.1 Å². The lowest BCUT2D eigenvalue weighted by Gasteiger charge is -2.30. The molecule has 1 aromatic carbocycles. The molecule has 150 valence electrons. The number of ether oxygens (including phenoxy) is 2. The van der Waals surface area contributed by atoms with Crippen molar-refractivity contribution in [1.82, 2.24) is 10.2 Å². The summed E-state index contributed by atoms with van der Waals surface area (Å²) in [5.41, 5.74) is 0.927. The fourth-order valence-corrected chi connectivity index (χ4v) is 3.15. The molecule has 1 aliphatic heterocycles. The highest BCUT2D eigenvalue weighted by atomic mass is 16.5. The molecule has 1 aromatic rings. The Morgan fingerprint density at radius 2 is 2.11 bits per heavy atom. The number of rotatable bonds is 7. The number of nitriles is 1. The first-order valence-corrected chi connectivity index (χ1v) is 9.45. The summed E-state index contributed by atoms with van der Waals surface area (Å²) in [4.78, 5) is 26.3. The van der Waals surface area contributed by atoms with Crippen molar-refractivity contribution >= 4 is 11.9 Å². The van der Waals surface area contributed by atoms with E-state index in [0.29, 0.717) is 19.7 Å². The van der Waals surface area contributed by atoms with Crippen LogP contribution in [0, 0.1) is 17.2 Å². The first-order valence-electron chi connectivity index (χ1n) is 9.45. The van der Waals surface area contributed by atoms with Gasteiger partial charge in [0, 0.05) is 19.3 Å². The van der Waals surface area contributed by atoms with E-state index < -0.39 is 5.91 Å². The van der Waals surface area contributed by atoms with Crippen LogP contribution in [0.1, 0.15) is 38.3 Å². The second-order valence-electron chi connectivity index (χ2n) is 6.71. The fourth-order valence-electron chi connectivity index (χ4n) is 3.15. The van der Waals surface area contributed by atoms with Crippen LogP contribution in [0.5, 0.6) is 5.75 Å². The van der Waals surface area contributed by atoms with E-state index in [9.17, 15) is 14.9 Å². The van der Waals surface area contributed by atoms with Gasteiger partial charge in [0.25, 0.3) is 5.91 Å². The first kappa shape index (κ1) is 21.3. The summed E-state index contributed by atoms with van der Waals surface area (Å²) >= 11 is 0. The third-order valence-corrected chi connectivity index (χ3v) is 4.71. The number of nitrogens with one attached hydrogen (secondary N) is 1. The molecule has 1 amide bonds. The maximum atomic E-state index is 12.5. The zero-order chi connectivity index (χ0) is 20.5. The molecule has 28 heavy (non-hydrogen) atoms. The van der Waals surface area contributed by atoms with Crippen LogP contribution in [0.2, 0.25) is 0 Å². The normalized spacial score (nSPS) is 18.0. The summed E-state index contributed by atoms with van der Waals surface area (Å²) in [6.07, 6.45) is 3.11. The van der Waals surface area contributed by atoms with Crippen LogP contribution >= 0.6 is 0 Å². The number of methoxy groups -OCH3 is 1. The first-order chi connectivity index (χ1) is 13.5. The zero-order valence-electron chi connectivity index (χ0n) is 16.6. The topological polar surface area (TPSA) is 91.7 Å². The average molecular weight is 385 g/mol. The van der Waals surface area contributed by atoms with Crippen molar-refractivity contribution < 1.29 is 19.1 Å². The lowest BCUT2D eigenvalue weighted by atomic mass is 9.98. The fraction of sp³-hybridized carbons (Fsp3) is 0.476. The van der Waals surface area contributed by atoms with Gasteiger partial charge in [0.2, 0.25) is 0 Å². The van der Waals surface area contributed by atoms with Crippen molar-refractivity contribution in [2.75, 3.05) is 26.8 Å². The van der Waals surface area contributed by atoms with Gasteiger partial charge in [-0.25, -0.2) is 0 Å².